The maximum absolute atomic E-state index is 13.4. The first kappa shape index (κ1) is 18.6. The Morgan fingerprint density at radius 3 is 2.24 bits per heavy atom. The Bertz CT molecular complexity index is 1020. The number of hydrogen-bond acceptors (Lipinski definition) is 6. The van der Waals surface area contributed by atoms with Crippen LogP contribution in [0.5, 0.6) is 23.0 Å². The van der Waals surface area contributed by atoms with Gasteiger partial charge in [0.25, 0.3) is 0 Å². The lowest BCUT2D eigenvalue weighted by Gasteiger charge is -2.26. The third kappa shape index (κ3) is 3.40. The number of rotatable bonds is 3. The van der Waals surface area contributed by atoms with Crippen LogP contribution in [0.3, 0.4) is 0 Å². The van der Waals surface area contributed by atoms with Crippen LogP contribution in [0.2, 0.25) is 0 Å². The average Bonchev–Trinajstić information content (AvgIpc) is 3.13. The SMILES string of the molecule is O=S(=O)(c1ccc2c(c1)OCCO2)N1CCC[C@@H]1c1ccc2c(c1)OCCCO2. The predicted molar refractivity (Wildman–Crippen MR) is 105 cm³/mol. The van der Waals surface area contributed by atoms with E-state index in [1.807, 2.05) is 18.2 Å². The Labute approximate surface area is 170 Å². The summed E-state index contributed by atoms with van der Waals surface area (Å²) in [5, 5.41) is 0. The minimum atomic E-state index is -3.67. The van der Waals surface area contributed by atoms with E-state index in [-0.39, 0.29) is 10.9 Å². The van der Waals surface area contributed by atoms with Crippen molar-refractivity contribution >= 4 is 10.0 Å². The van der Waals surface area contributed by atoms with Crippen LogP contribution in [0.4, 0.5) is 0 Å². The van der Waals surface area contributed by atoms with Crippen molar-refractivity contribution in [1.29, 1.82) is 0 Å². The number of hydrogen-bond donors (Lipinski definition) is 0. The Morgan fingerprint density at radius 1 is 0.759 bits per heavy atom. The molecule has 0 bridgehead atoms. The van der Waals surface area contributed by atoms with E-state index in [0.29, 0.717) is 56.0 Å². The van der Waals surface area contributed by atoms with E-state index < -0.39 is 10.0 Å². The number of fused-ring (bicyclic) bond motifs is 2. The van der Waals surface area contributed by atoms with Crippen molar-refractivity contribution in [3.8, 4) is 23.0 Å². The van der Waals surface area contributed by atoms with E-state index >= 15 is 0 Å². The van der Waals surface area contributed by atoms with E-state index in [0.717, 1.165) is 24.8 Å². The maximum atomic E-state index is 13.4. The second kappa shape index (κ2) is 7.42. The summed E-state index contributed by atoms with van der Waals surface area (Å²) in [5.74, 6) is 2.45. The summed E-state index contributed by atoms with van der Waals surface area (Å²) in [7, 11) is -3.67. The van der Waals surface area contributed by atoms with Crippen LogP contribution in [-0.2, 0) is 10.0 Å². The number of ether oxygens (including phenoxy) is 4. The van der Waals surface area contributed by atoms with E-state index in [1.165, 1.54) is 0 Å². The van der Waals surface area contributed by atoms with Crippen molar-refractivity contribution in [2.24, 2.45) is 0 Å². The highest BCUT2D eigenvalue weighted by Crippen LogP contribution is 2.41. The maximum Gasteiger partial charge on any atom is 0.243 e. The molecule has 1 fully saturated rings. The molecule has 1 saturated heterocycles. The molecule has 0 amide bonds. The zero-order valence-electron chi connectivity index (χ0n) is 16.0. The minimum absolute atomic E-state index is 0.225. The first-order chi connectivity index (χ1) is 14.1. The van der Waals surface area contributed by atoms with Crippen LogP contribution in [0.25, 0.3) is 0 Å². The Balaban J connectivity index is 1.47. The molecule has 0 saturated carbocycles. The van der Waals surface area contributed by atoms with Gasteiger partial charge in [-0.1, -0.05) is 6.07 Å². The highest BCUT2D eigenvalue weighted by molar-refractivity contribution is 7.89. The van der Waals surface area contributed by atoms with Crippen molar-refractivity contribution in [3.05, 3.63) is 42.0 Å². The fraction of sp³-hybridized carbons (Fsp3) is 0.429. The largest absolute Gasteiger partial charge is 0.490 e. The van der Waals surface area contributed by atoms with Crippen LogP contribution in [0.15, 0.2) is 41.3 Å². The number of sulfonamides is 1. The first-order valence-corrected chi connectivity index (χ1v) is 11.4. The van der Waals surface area contributed by atoms with Gasteiger partial charge in [0.1, 0.15) is 13.2 Å². The molecule has 0 spiro atoms. The predicted octanol–water partition coefficient (Wildman–Crippen LogP) is 3.14. The van der Waals surface area contributed by atoms with Crippen molar-refractivity contribution in [2.75, 3.05) is 33.0 Å². The fourth-order valence-corrected chi connectivity index (χ4v) is 5.77. The second-order valence-electron chi connectivity index (χ2n) is 7.34. The molecule has 0 aromatic heterocycles. The highest BCUT2D eigenvalue weighted by Gasteiger charge is 2.37. The summed E-state index contributed by atoms with van der Waals surface area (Å²) in [5.41, 5.74) is 0.924. The zero-order valence-corrected chi connectivity index (χ0v) is 16.8. The Kier molecular flexibility index (Phi) is 4.75. The molecule has 3 aliphatic rings. The molecule has 3 aliphatic heterocycles. The molecule has 0 unspecified atom stereocenters. The molecule has 0 aliphatic carbocycles. The number of benzene rings is 2. The van der Waals surface area contributed by atoms with Crippen molar-refractivity contribution in [2.45, 2.75) is 30.2 Å². The summed E-state index contributed by atoms with van der Waals surface area (Å²) < 4.78 is 51.0. The molecule has 0 radical (unpaired) electrons. The monoisotopic (exact) mass is 417 g/mol. The minimum Gasteiger partial charge on any atom is -0.490 e. The van der Waals surface area contributed by atoms with Gasteiger partial charge < -0.3 is 18.9 Å². The van der Waals surface area contributed by atoms with Gasteiger partial charge in [0.2, 0.25) is 10.0 Å². The molecule has 2 aromatic rings. The Morgan fingerprint density at radius 2 is 1.41 bits per heavy atom. The zero-order chi connectivity index (χ0) is 19.8. The lowest BCUT2D eigenvalue weighted by atomic mass is 10.0. The van der Waals surface area contributed by atoms with Gasteiger partial charge in [0.05, 0.1) is 24.2 Å². The third-order valence-corrected chi connectivity index (χ3v) is 7.38. The summed E-state index contributed by atoms with van der Waals surface area (Å²) in [6, 6.07) is 10.3. The van der Waals surface area contributed by atoms with Crippen LogP contribution in [0, 0.1) is 0 Å². The summed E-state index contributed by atoms with van der Waals surface area (Å²) >= 11 is 0. The van der Waals surface area contributed by atoms with Gasteiger partial charge in [-0.25, -0.2) is 8.42 Å². The normalized spacial score (nSPS) is 21.6. The molecule has 3 heterocycles. The van der Waals surface area contributed by atoms with Crippen LogP contribution in [0.1, 0.15) is 30.9 Å². The standard InChI is InChI=1S/C21H23NO6S/c23-29(24,16-5-7-19-21(14-16)28-12-11-27-19)22-8-1-3-17(22)15-4-6-18-20(13-15)26-10-2-9-25-18/h4-7,13-14,17H,1-3,8-12H2/t17-/m1/s1. The lowest BCUT2D eigenvalue weighted by Crippen LogP contribution is -2.31. The van der Waals surface area contributed by atoms with Gasteiger partial charge >= 0.3 is 0 Å². The van der Waals surface area contributed by atoms with E-state index in [1.54, 1.807) is 22.5 Å². The third-order valence-electron chi connectivity index (χ3n) is 5.48. The van der Waals surface area contributed by atoms with Gasteiger partial charge in [-0.05, 0) is 42.7 Å². The molecule has 154 valence electrons. The first-order valence-electron chi connectivity index (χ1n) is 9.94. The average molecular weight is 417 g/mol. The van der Waals surface area contributed by atoms with Crippen LogP contribution < -0.4 is 18.9 Å². The van der Waals surface area contributed by atoms with Gasteiger partial charge in [-0.3, -0.25) is 0 Å². The molecule has 0 N–H and O–H groups in total. The van der Waals surface area contributed by atoms with Gasteiger partial charge in [-0.15, -0.1) is 0 Å². The highest BCUT2D eigenvalue weighted by atomic mass is 32.2. The molecule has 7 nitrogen and oxygen atoms in total. The molecule has 2 aromatic carbocycles. The van der Waals surface area contributed by atoms with Crippen LogP contribution >= 0.6 is 0 Å². The second-order valence-corrected chi connectivity index (χ2v) is 9.23. The van der Waals surface area contributed by atoms with E-state index in [2.05, 4.69) is 0 Å². The van der Waals surface area contributed by atoms with Gasteiger partial charge in [-0.2, -0.15) is 4.31 Å². The van der Waals surface area contributed by atoms with Gasteiger partial charge in [0.15, 0.2) is 23.0 Å². The summed E-state index contributed by atoms with van der Waals surface area (Å²) in [6.07, 6.45) is 2.41. The molecular weight excluding hydrogens is 394 g/mol. The van der Waals surface area contributed by atoms with Crippen molar-refractivity contribution < 1.29 is 27.4 Å². The van der Waals surface area contributed by atoms with E-state index in [4.69, 9.17) is 18.9 Å². The van der Waals surface area contributed by atoms with Crippen molar-refractivity contribution in [3.63, 3.8) is 0 Å². The molecule has 1 atom stereocenters. The van der Waals surface area contributed by atoms with E-state index in [9.17, 15) is 8.42 Å². The smallest absolute Gasteiger partial charge is 0.243 e. The quantitative estimate of drug-likeness (QED) is 0.764. The molecule has 5 rings (SSSR count). The Hall–Kier alpha value is -2.45. The molecular formula is C21H23NO6S. The molecule has 8 heteroatoms. The number of nitrogens with zero attached hydrogens (tertiary/aromatic N) is 1. The summed E-state index contributed by atoms with van der Waals surface area (Å²) in [6.45, 7) is 2.59. The molecule has 29 heavy (non-hydrogen) atoms. The lowest BCUT2D eigenvalue weighted by molar-refractivity contribution is 0.171. The van der Waals surface area contributed by atoms with Gasteiger partial charge in [0, 0.05) is 19.0 Å². The van der Waals surface area contributed by atoms with Crippen molar-refractivity contribution in [1.82, 2.24) is 4.31 Å². The topological polar surface area (TPSA) is 74.3 Å². The summed E-state index contributed by atoms with van der Waals surface area (Å²) in [4.78, 5) is 0.225. The van der Waals surface area contributed by atoms with Crippen LogP contribution in [-0.4, -0.2) is 45.7 Å². The fourth-order valence-electron chi connectivity index (χ4n) is 4.07.